The lowest BCUT2D eigenvalue weighted by atomic mass is 9.78. The fourth-order valence-electron chi connectivity index (χ4n) is 4.05. The second-order valence-corrected chi connectivity index (χ2v) is 9.15. The molecule has 0 spiro atoms. The number of ether oxygens (including phenoxy) is 2. The van der Waals surface area contributed by atoms with Gasteiger partial charge in [0.2, 0.25) is 0 Å². The van der Waals surface area contributed by atoms with Gasteiger partial charge in [-0.1, -0.05) is 38.1 Å². The lowest BCUT2D eigenvalue weighted by Crippen LogP contribution is -2.11. The fourth-order valence-corrected chi connectivity index (χ4v) is 4.47. The number of benzene rings is 2. The summed E-state index contributed by atoms with van der Waals surface area (Å²) < 4.78 is 38.1. The second-order valence-electron chi connectivity index (χ2n) is 7.50. The molecular weight excluding hydrogens is 400 g/mol. The quantitative estimate of drug-likeness (QED) is 0.335. The summed E-state index contributed by atoms with van der Waals surface area (Å²) >= 11 is 0. The van der Waals surface area contributed by atoms with Gasteiger partial charge in [0, 0.05) is 0 Å². The first-order valence-electron chi connectivity index (χ1n) is 10.5. The van der Waals surface area contributed by atoms with Gasteiger partial charge in [-0.25, -0.2) is 0 Å². The van der Waals surface area contributed by atoms with E-state index in [0.717, 1.165) is 36.2 Å². The molecule has 2 atom stereocenters. The van der Waals surface area contributed by atoms with E-state index in [2.05, 4.69) is 38.1 Å². The molecule has 0 fully saturated rings. The van der Waals surface area contributed by atoms with Crippen LogP contribution in [0.4, 0.5) is 0 Å². The van der Waals surface area contributed by atoms with E-state index in [4.69, 9.17) is 13.7 Å². The Morgan fingerprint density at radius 1 is 0.867 bits per heavy atom. The minimum atomic E-state index is -3.41. The van der Waals surface area contributed by atoms with Gasteiger partial charge < -0.3 is 9.47 Å². The molecule has 2 rings (SSSR count). The zero-order valence-electron chi connectivity index (χ0n) is 18.7. The molecule has 0 radical (unpaired) electrons. The van der Waals surface area contributed by atoms with Crippen LogP contribution in [0.2, 0.25) is 0 Å². The van der Waals surface area contributed by atoms with E-state index in [-0.39, 0.29) is 6.61 Å². The number of methoxy groups -OCH3 is 2. The Labute approximate surface area is 181 Å². The van der Waals surface area contributed by atoms with Gasteiger partial charge in [0.05, 0.1) is 27.1 Å². The van der Waals surface area contributed by atoms with Gasteiger partial charge in [0.1, 0.15) is 11.5 Å². The van der Waals surface area contributed by atoms with Crippen molar-refractivity contribution in [3.63, 3.8) is 0 Å². The zero-order chi connectivity index (χ0) is 22.1. The standard InChI is InChI=1S/C24H34O5S/c1-6-22(18-10-13-21(27-3)14-11-18)23(7-2)19-12-15-24(28-4)20(17-19)9-8-16-29-30(5,25)26/h10-15,17,22-23H,6-9,16H2,1-5H3. The molecule has 2 aromatic rings. The van der Waals surface area contributed by atoms with Crippen molar-refractivity contribution in [2.45, 2.75) is 51.4 Å². The third-order valence-electron chi connectivity index (χ3n) is 5.53. The predicted octanol–water partition coefficient (Wildman–Crippen LogP) is 5.30. The molecule has 0 bridgehead atoms. The first-order chi connectivity index (χ1) is 14.3. The van der Waals surface area contributed by atoms with Crippen LogP contribution in [0, 0.1) is 0 Å². The van der Waals surface area contributed by atoms with Gasteiger partial charge in [0.25, 0.3) is 10.1 Å². The van der Waals surface area contributed by atoms with E-state index < -0.39 is 10.1 Å². The molecule has 5 nitrogen and oxygen atoms in total. The van der Waals surface area contributed by atoms with Crippen LogP contribution >= 0.6 is 0 Å². The lowest BCUT2D eigenvalue weighted by Gasteiger charge is -2.27. The monoisotopic (exact) mass is 434 g/mol. The third-order valence-corrected chi connectivity index (χ3v) is 6.12. The molecule has 2 aromatic carbocycles. The molecule has 0 aromatic heterocycles. The Morgan fingerprint density at radius 2 is 1.47 bits per heavy atom. The Hall–Kier alpha value is -2.05. The highest BCUT2D eigenvalue weighted by atomic mass is 32.2. The van der Waals surface area contributed by atoms with Gasteiger partial charge in [-0.05, 0) is 72.4 Å². The number of hydrogen-bond acceptors (Lipinski definition) is 5. The van der Waals surface area contributed by atoms with Crippen molar-refractivity contribution in [1.82, 2.24) is 0 Å². The van der Waals surface area contributed by atoms with E-state index >= 15 is 0 Å². The normalized spacial score (nSPS) is 13.6. The minimum absolute atomic E-state index is 0.173. The molecule has 2 unspecified atom stereocenters. The van der Waals surface area contributed by atoms with Crippen molar-refractivity contribution in [1.29, 1.82) is 0 Å². The highest BCUT2D eigenvalue weighted by molar-refractivity contribution is 7.85. The summed E-state index contributed by atoms with van der Waals surface area (Å²) in [6.45, 7) is 4.62. The van der Waals surface area contributed by atoms with Crippen LogP contribution in [0.5, 0.6) is 11.5 Å². The van der Waals surface area contributed by atoms with Crippen molar-refractivity contribution in [3.8, 4) is 11.5 Å². The summed E-state index contributed by atoms with van der Waals surface area (Å²) in [6.07, 6.45) is 4.44. The molecule has 0 heterocycles. The molecule has 0 saturated carbocycles. The summed E-state index contributed by atoms with van der Waals surface area (Å²) in [7, 11) is -0.0670. The van der Waals surface area contributed by atoms with Gasteiger partial charge in [0.15, 0.2) is 0 Å². The topological polar surface area (TPSA) is 61.8 Å². The van der Waals surface area contributed by atoms with Gasteiger partial charge in [-0.3, -0.25) is 4.18 Å². The van der Waals surface area contributed by atoms with Crippen LogP contribution in [-0.2, 0) is 20.7 Å². The number of aryl methyl sites for hydroxylation is 1. The molecule has 0 aliphatic carbocycles. The number of hydrogen-bond donors (Lipinski definition) is 0. The van der Waals surface area contributed by atoms with Crippen molar-refractivity contribution in [3.05, 3.63) is 59.2 Å². The molecule has 0 aliphatic heterocycles. The molecule has 0 amide bonds. The number of rotatable bonds is 12. The van der Waals surface area contributed by atoms with Crippen molar-refractivity contribution in [2.75, 3.05) is 27.1 Å². The van der Waals surface area contributed by atoms with Crippen molar-refractivity contribution >= 4 is 10.1 Å². The Balaban J connectivity index is 2.24. The molecule has 0 aliphatic rings. The molecule has 0 N–H and O–H groups in total. The average Bonchev–Trinajstić information content (AvgIpc) is 2.74. The van der Waals surface area contributed by atoms with Gasteiger partial charge >= 0.3 is 0 Å². The smallest absolute Gasteiger partial charge is 0.264 e. The van der Waals surface area contributed by atoms with Crippen molar-refractivity contribution in [2.24, 2.45) is 0 Å². The maximum absolute atomic E-state index is 11.2. The van der Waals surface area contributed by atoms with E-state index in [0.29, 0.717) is 24.7 Å². The Morgan fingerprint density at radius 3 is 2.00 bits per heavy atom. The van der Waals surface area contributed by atoms with E-state index in [1.54, 1.807) is 14.2 Å². The second kappa shape index (κ2) is 11.4. The van der Waals surface area contributed by atoms with Crippen LogP contribution in [0.3, 0.4) is 0 Å². The maximum atomic E-state index is 11.2. The van der Waals surface area contributed by atoms with E-state index in [1.165, 1.54) is 11.1 Å². The molecule has 6 heteroatoms. The van der Waals surface area contributed by atoms with Crippen LogP contribution in [-0.4, -0.2) is 35.5 Å². The van der Waals surface area contributed by atoms with Gasteiger partial charge in [-0.15, -0.1) is 0 Å². The van der Waals surface area contributed by atoms with Crippen LogP contribution in [0.25, 0.3) is 0 Å². The first kappa shape index (κ1) is 24.2. The van der Waals surface area contributed by atoms with Crippen LogP contribution in [0.15, 0.2) is 42.5 Å². The predicted molar refractivity (Wildman–Crippen MR) is 121 cm³/mol. The summed E-state index contributed by atoms with van der Waals surface area (Å²) in [6, 6.07) is 14.7. The third kappa shape index (κ3) is 6.74. The SMILES string of the molecule is CCC(c1ccc(OC)cc1)C(CC)c1ccc(OC)c(CCCOS(C)(=O)=O)c1. The highest BCUT2D eigenvalue weighted by Crippen LogP contribution is 2.39. The largest absolute Gasteiger partial charge is 0.497 e. The average molecular weight is 435 g/mol. The summed E-state index contributed by atoms with van der Waals surface area (Å²) in [5.74, 6) is 2.46. The van der Waals surface area contributed by atoms with Crippen LogP contribution < -0.4 is 9.47 Å². The first-order valence-corrected chi connectivity index (χ1v) is 12.3. The Kier molecular flexibility index (Phi) is 9.18. The summed E-state index contributed by atoms with van der Waals surface area (Å²) in [5.41, 5.74) is 3.67. The molecule has 0 saturated heterocycles. The molecule has 30 heavy (non-hydrogen) atoms. The molecular formula is C24H34O5S. The van der Waals surface area contributed by atoms with Crippen LogP contribution in [0.1, 0.15) is 61.6 Å². The Bertz CT molecular complexity index is 890. The minimum Gasteiger partial charge on any atom is -0.497 e. The maximum Gasteiger partial charge on any atom is 0.264 e. The zero-order valence-corrected chi connectivity index (χ0v) is 19.5. The van der Waals surface area contributed by atoms with E-state index in [9.17, 15) is 8.42 Å². The lowest BCUT2D eigenvalue weighted by molar-refractivity contribution is 0.314. The van der Waals surface area contributed by atoms with E-state index in [1.807, 2.05) is 18.2 Å². The summed E-state index contributed by atoms with van der Waals surface area (Å²) in [5, 5.41) is 0. The fraction of sp³-hybridized carbons (Fsp3) is 0.500. The summed E-state index contributed by atoms with van der Waals surface area (Å²) in [4.78, 5) is 0. The van der Waals surface area contributed by atoms with Gasteiger partial charge in [-0.2, -0.15) is 8.42 Å². The highest BCUT2D eigenvalue weighted by Gasteiger charge is 2.23. The van der Waals surface area contributed by atoms with Crippen molar-refractivity contribution < 1.29 is 22.1 Å². The molecule has 166 valence electrons.